The minimum absolute atomic E-state index is 0.274. The zero-order valence-corrected chi connectivity index (χ0v) is 15.1. The average molecular weight is 368 g/mol. The third-order valence-corrected chi connectivity index (χ3v) is 4.90. The molecule has 3 rings (SSSR count). The van der Waals surface area contributed by atoms with E-state index in [0.29, 0.717) is 12.1 Å². The number of thioether (sulfide) groups is 1. The van der Waals surface area contributed by atoms with Crippen molar-refractivity contribution in [3.63, 3.8) is 0 Å². The van der Waals surface area contributed by atoms with Gasteiger partial charge in [-0.1, -0.05) is 36.4 Å². The van der Waals surface area contributed by atoms with Gasteiger partial charge in [-0.05, 0) is 30.4 Å². The fourth-order valence-corrected chi connectivity index (χ4v) is 3.38. The highest BCUT2D eigenvalue weighted by molar-refractivity contribution is 7.99. The Morgan fingerprint density at radius 2 is 1.81 bits per heavy atom. The molecule has 2 N–H and O–H groups in total. The monoisotopic (exact) mass is 368 g/mol. The van der Waals surface area contributed by atoms with E-state index in [-0.39, 0.29) is 12.5 Å². The molecule has 2 aromatic carbocycles. The molecule has 0 aliphatic heterocycles. The number of hydrogen-bond donors (Lipinski definition) is 2. The summed E-state index contributed by atoms with van der Waals surface area (Å²) in [4.78, 5) is 28.2. The minimum Gasteiger partial charge on any atom is -0.452 e. The first kappa shape index (κ1) is 18.1. The second-order valence-electron chi connectivity index (χ2n) is 5.69. The molecule has 0 saturated heterocycles. The van der Waals surface area contributed by atoms with Crippen LogP contribution in [0.4, 0.5) is 0 Å². The number of nitrogens with one attached hydrogen (secondary N) is 2. The van der Waals surface area contributed by atoms with Gasteiger partial charge in [0.1, 0.15) is 0 Å². The predicted molar refractivity (Wildman–Crippen MR) is 103 cm³/mol. The Kier molecular flexibility index (Phi) is 6.33. The lowest BCUT2D eigenvalue weighted by Crippen LogP contribution is -2.29. The summed E-state index contributed by atoms with van der Waals surface area (Å²) in [7, 11) is 0. The van der Waals surface area contributed by atoms with Crippen molar-refractivity contribution in [1.29, 1.82) is 0 Å². The van der Waals surface area contributed by atoms with E-state index in [2.05, 4.69) is 22.4 Å². The van der Waals surface area contributed by atoms with E-state index in [1.807, 2.05) is 42.5 Å². The van der Waals surface area contributed by atoms with Crippen LogP contribution >= 0.6 is 11.8 Å². The van der Waals surface area contributed by atoms with Gasteiger partial charge in [0.15, 0.2) is 6.61 Å². The zero-order valence-electron chi connectivity index (χ0n) is 14.2. The Hall–Kier alpha value is -2.73. The predicted octanol–water partition coefficient (Wildman–Crippen LogP) is 3.62. The van der Waals surface area contributed by atoms with Crippen LogP contribution in [0.15, 0.2) is 65.7 Å². The molecule has 3 aromatic rings. The van der Waals surface area contributed by atoms with E-state index in [4.69, 9.17) is 4.74 Å². The van der Waals surface area contributed by atoms with E-state index in [9.17, 15) is 9.59 Å². The van der Waals surface area contributed by atoms with Crippen LogP contribution in [0.1, 0.15) is 16.8 Å². The molecule has 0 atom stereocenters. The van der Waals surface area contributed by atoms with Gasteiger partial charge in [-0.2, -0.15) is 0 Å². The highest BCUT2D eigenvalue weighted by Gasteiger charge is 2.14. The van der Waals surface area contributed by atoms with Crippen LogP contribution in [0, 0.1) is 0 Å². The molecular weight excluding hydrogens is 348 g/mol. The van der Waals surface area contributed by atoms with E-state index in [0.717, 1.165) is 23.1 Å². The normalized spacial score (nSPS) is 10.6. The number of para-hydroxylation sites is 1. The van der Waals surface area contributed by atoms with Gasteiger partial charge < -0.3 is 15.0 Å². The van der Waals surface area contributed by atoms with Crippen LogP contribution in [0.5, 0.6) is 0 Å². The molecule has 0 saturated carbocycles. The smallest absolute Gasteiger partial charge is 0.340 e. The number of amides is 1. The molecule has 0 fully saturated rings. The van der Waals surface area contributed by atoms with Gasteiger partial charge in [-0.3, -0.25) is 4.79 Å². The molecule has 0 bridgehead atoms. The summed E-state index contributed by atoms with van der Waals surface area (Å²) in [6.45, 7) is 0.285. The zero-order chi connectivity index (χ0) is 18.2. The molecule has 0 spiro atoms. The highest BCUT2D eigenvalue weighted by atomic mass is 32.2. The second-order valence-corrected chi connectivity index (χ2v) is 6.86. The summed E-state index contributed by atoms with van der Waals surface area (Å²) in [6.07, 6.45) is 2.45. The fourth-order valence-electron chi connectivity index (χ4n) is 2.51. The summed E-state index contributed by atoms with van der Waals surface area (Å²) in [6, 6.07) is 17.6. The Bertz CT molecular complexity index is 877. The summed E-state index contributed by atoms with van der Waals surface area (Å²) >= 11 is 1.75. The number of carbonyl (C=O) groups is 2. The maximum absolute atomic E-state index is 12.1. The molecule has 1 amide bonds. The number of aromatic nitrogens is 1. The maximum Gasteiger partial charge on any atom is 0.340 e. The third-order valence-electron chi connectivity index (χ3n) is 3.80. The van der Waals surface area contributed by atoms with E-state index >= 15 is 0 Å². The Labute approximate surface area is 156 Å². The Morgan fingerprint density at radius 3 is 2.65 bits per heavy atom. The number of ether oxygens (including phenoxy) is 1. The largest absolute Gasteiger partial charge is 0.452 e. The van der Waals surface area contributed by atoms with Crippen molar-refractivity contribution in [1.82, 2.24) is 10.3 Å². The standard InChI is InChI=1S/C20H20N2O3S/c23-19(21-11-6-12-26-15-7-2-1-3-8-15)14-25-20(24)17-13-22-18-10-5-4-9-16(17)18/h1-5,7-10,13,22H,6,11-12,14H2,(H,21,23). The number of fused-ring (bicyclic) bond motifs is 1. The van der Waals surface area contributed by atoms with Crippen molar-refractivity contribution in [3.05, 3.63) is 66.4 Å². The van der Waals surface area contributed by atoms with Crippen molar-refractivity contribution in [3.8, 4) is 0 Å². The number of esters is 1. The summed E-state index contributed by atoms with van der Waals surface area (Å²) in [5.74, 6) is 0.125. The number of hydrogen-bond acceptors (Lipinski definition) is 4. The first-order valence-electron chi connectivity index (χ1n) is 8.42. The lowest BCUT2D eigenvalue weighted by atomic mass is 10.2. The molecule has 0 radical (unpaired) electrons. The van der Waals surface area contributed by atoms with Crippen molar-refractivity contribution in [2.24, 2.45) is 0 Å². The molecule has 0 aliphatic carbocycles. The molecular formula is C20H20N2O3S. The van der Waals surface area contributed by atoms with Gasteiger partial charge in [0, 0.05) is 28.5 Å². The Morgan fingerprint density at radius 1 is 1.04 bits per heavy atom. The molecule has 0 aliphatic rings. The first-order valence-corrected chi connectivity index (χ1v) is 9.40. The number of carbonyl (C=O) groups excluding carboxylic acids is 2. The van der Waals surface area contributed by atoms with E-state index < -0.39 is 5.97 Å². The molecule has 1 aromatic heterocycles. The van der Waals surface area contributed by atoms with Crippen molar-refractivity contribution < 1.29 is 14.3 Å². The summed E-state index contributed by atoms with van der Waals surface area (Å²) in [5.41, 5.74) is 1.30. The highest BCUT2D eigenvalue weighted by Crippen LogP contribution is 2.18. The van der Waals surface area contributed by atoms with Crippen molar-refractivity contribution >= 4 is 34.5 Å². The summed E-state index contributed by atoms with van der Waals surface area (Å²) < 4.78 is 5.11. The van der Waals surface area contributed by atoms with Crippen LogP contribution in [0.2, 0.25) is 0 Å². The van der Waals surface area contributed by atoms with Gasteiger partial charge >= 0.3 is 5.97 Å². The SMILES string of the molecule is O=C(COC(=O)c1c[nH]c2ccccc12)NCCCSc1ccccc1. The number of rotatable bonds is 8. The van der Waals surface area contributed by atoms with Crippen molar-refractivity contribution in [2.45, 2.75) is 11.3 Å². The molecule has 1 heterocycles. The molecule has 0 unspecified atom stereocenters. The third kappa shape index (κ3) is 4.89. The Balaban J connectivity index is 1.35. The van der Waals surface area contributed by atoms with Gasteiger partial charge in [-0.25, -0.2) is 4.79 Å². The molecule has 26 heavy (non-hydrogen) atoms. The first-order chi connectivity index (χ1) is 12.7. The maximum atomic E-state index is 12.1. The number of aromatic amines is 1. The molecule has 6 heteroatoms. The molecule has 5 nitrogen and oxygen atoms in total. The van der Waals surface area contributed by atoms with Gasteiger partial charge in [0.05, 0.1) is 5.56 Å². The van der Waals surface area contributed by atoms with Crippen LogP contribution in [0.3, 0.4) is 0 Å². The topological polar surface area (TPSA) is 71.2 Å². The number of benzene rings is 2. The quantitative estimate of drug-likeness (QED) is 0.362. The fraction of sp³-hybridized carbons (Fsp3) is 0.200. The minimum atomic E-state index is -0.503. The lowest BCUT2D eigenvalue weighted by molar-refractivity contribution is -0.124. The van der Waals surface area contributed by atoms with Crippen LogP contribution in [-0.4, -0.2) is 35.8 Å². The lowest BCUT2D eigenvalue weighted by Gasteiger charge is -2.06. The summed E-state index contributed by atoms with van der Waals surface area (Å²) in [5, 5.41) is 3.56. The second kappa shape index (κ2) is 9.10. The van der Waals surface area contributed by atoms with Gasteiger partial charge in [-0.15, -0.1) is 11.8 Å². The van der Waals surface area contributed by atoms with Crippen LogP contribution in [-0.2, 0) is 9.53 Å². The van der Waals surface area contributed by atoms with Crippen LogP contribution in [0.25, 0.3) is 10.9 Å². The van der Waals surface area contributed by atoms with Crippen LogP contribution < -0.4 is 5.32 Å². The average Bonchev–Trinajstić information content (AvgIpc) is 3.11. The molecule has 134 valence electrons. The van der Waals surface area contributed by atoms with Gasteiger partial charge in [0.2, 0.25) is 0 Å². The number of H-pyrrole nitrogens is 1. The van der Waals surface area contributed by atoms with E-state index in [1.165, 1.54) is 4.90 Å². The van der Waals surface area contributed by atoms with E-state index in [1.54, 1.807) is 18.0 Å². The van der Waals surface area contributed by atoms with Gasteiger partial charge in [0.25, 0.3) is 5.91 Å². The van der Waals surface area contributed by atoms with Crippen molar-refractivity contribution in [2.75, 3.05) is 18.9 Å².